The van der Waals surface area contributed by atoms with Gasteiger partial charge in [0.15, 0.2) is 10.8 Å². The summed E-state index contributed by atoms with van der Waals surface area (Å²) in [6.07, 6.45) is 4.92. The molecule has 0 aliphatic rings. The standard InChI is InChI=1S/C11H15N3O3S/c1-2-3-4-5-8(15)6-7-18-10-9(16)12-11(17)14-13-10/h6-7H,2-5H2,1H3,(H2,12,14,16,17)/b7-6-. The fourth-order valence-electron chi connectivity index (χ4n) is 1.22. The molecule has 6 nitrogen and oxygen atoms in total. The minimum Gasteiger partial charge on any atom is -0.295 e. The molecule has 0 atom stereocenters. The number of H-pyrrole nitrogens is 2. The van der Waals surface area contributed by atoms with Gasteiger partial charge in [-0.1, -0.05) is 31.5 Å². The highest BCUT2D eigenvalue weighted by Crippen LogP contribution is 2.10. The van der Waals surface area contributed by atoms with E-state index in [-0.39, 0.29) is 10.8 Å². The molecule has 0 bridgehead atoms. The lowest BCUT2D eigenvalue weighted by molar-refractivity contribution is -0.114. The van der Waals surface area contributed by atoms with Gasteiger partial charge in [-0.15, -0.1) is 0 Å². The fraction of sp³-hybridized carbons (Fsp3) is 0.455. The number of ketones is 1. The van der Waals surface area contributed by atoms with E-state index < -0.39 is 11.2 Å². The van der Waals surface area contributed by atoms with Crippen LogP contribution in [0.4, 0.5) is 0 Å². The van der Waals surface area contributed by atoms with Crippen LogP contribution < -0.4 is 11.2 Å². The van der Waals surface area contributed by atoms with Gasteiger partial charge in [0.2, 0.25) is 0 Å². The molecule has 98 valence electrons. The van der Waals surface area contributed by atoms with Crippen molar-refractivity contribution in [2.45, 2.75) is 37.6 Å². The van der Waals surface area contributed by atoms with Gasteiger partial charge in [0.25, 0.3) is 5.56 Å². The highest BCUT2D eigenvalue weighted by Gasteiger charge is 2.01. The van der Waals surface area contributed by atoms with Crippen LogP contribution in [0.25, 0.3) is 0 Å². The van der Waals surface area contributed by atoms with Gasteiger partial charge in [-0.25, -0.2) is 9.89 Å². The van der Waals surface area contributed by atoms with Crippen molar-refractivity contribution >= 4 is 17.5 Å². The third-order valence-electron chi connectivity index (χ3n) is 2.14. The number of aromatic amines is 2. The first-order valence-electron chi connectivity index (χ1n) is 5.68. The lowest BCUT2D eigenvalue weighted by Crippen LogP contribution is -2.24. The van der Waals surface area contributed by atoms with Gasteiger partial charge in [-0.05, 0) is 17.9 Å². The molecule has 0 spiro atoms. The number of thioether (sulfide) groups is 1. The zero-order chi connectivity index (χ0) is 13.4. The van der Waals surface area contributed by atoms with Crippen LogP contribution in [0.15, 0.2) is 26.1 Å². The lowest BCUT2D eigenvalue weighted by atomic mass is 10.1. The summed E-state index contributed by atoms with van der Waals surface area (Å²) in [6.45, 7) is 2.07. The van der Waals surface area contributed by atoms with Gasteiger partial charge in [-0.2, -0.15) is 5.10 Å². The normalized spacial score (nSPS) is 10.9. The second-order valence-electron chi connectivity index (χ2n) is 3.66. The van der Waals surface area contributed by atoms with E-state index in [4.69, 9.17) is 0 Å². The van der Waals surface area contributed by atoms with E-state index in [0.29, 0.717) is 6.42 Å². The number of carbonyl (C=O) groups excluding carboxylic acids is 1. The van der Waals surface area contributed by atoms with E-state index in [1.807, 2.05) is 4.98 Å². The molecule has 2 N–H and O–H groups in total. The number of allylic oxidation sites excluding steroid dienone is 1. The molecule has 0 saturated heterocycles. The zero-order valence-corrected chi connectivity index (χ0v) is 10.9. The molecular formula is C11H15N3O3S. The van der Waals surface area contributed by atoms with E-state index in [1.165, 1.54) is 11.5 Å². The van der Waals surface area contributed by atoms with E-state index in [0.717, 1.165) is 31.0 Å². The first kappa shape index (κ1) is 14.4. The van der Waals surface area contributed by atoms with Crippen molar-refractivity contribution in [3.05, 3.63) is 32.3 Å². The van der Waals surface area contributed by atoms with Crippen molar-refractivity contribution in [3.8, 4) is 0 Å². The molecule has 1 heterocycles. The van der Waals surface area contributed by atoms with E-state index in [1.54, 1.807) is 0 Å². The summed E-state index contributed by atoms with van der Waals surface area (Å²) in [6, 6.07) is 0. The lowest BCUT2D eigenvalue weighted by Gasteiger charge is -1.94. The molecule has 0 aliphatic carbocycles. The summed E-state index contributed by atoms with van der Waals surface area (Å²) in [5.74, 6) is 0.0248. The summed E-state index contributed by atoms with van der Waals surface area (Å²) in [7, 11) is 0. The molecule has 0 saturated carbocycles. The number of nitrogens with zero attached hydrogens (tertiary/aromatic N) is 1. The SMILES string of the molecule is CCCCCC(=O)/C=C\Sc1n[nH]c(=O)[nH]c1=O. The Labute approximate surface area is 108 Å². The fourth-order valence-corrected chi connectivity index (χ4v) is 1.83. The Balaban J connectivity index is 2.47. The minimum absolute atomic E-state index is 0.0248. The van der Waals surface area contributed by atoms with Crippen LogP contribution in [0.2, 0.25) is 0 Å². The predicted molar refractivity (Wildman–Crippen MR) is 69.6 cm³/mol. The van der Waals surface area contributed by atoms with Crippen molar-refractivity contribution in [3.63, 3.8) is 0 Å². The molecule has 0 aliphatic heterocycles. The van der Waals surface area contributed by atoms with E-state index in [2.05, 4.69) is 17.1 Å². The van der Waals surface area contributed by atoms with Crippen LogP contribution in [-0.2, 0) is 4.79 Å². The summed E-state index contributed by atoms with van der Waals surface area (Å²) >= 11 is 0.997. The number of hydrogen-bond acceptors (Lipinski definition) is 5. The molecule has 0 radical (unpaired) electrons. The van der Waals surface area contributed by atoms with Crippen LogP contribution >= 0.6 is 11.8 Å². The second kappa shape index (κ2) is 7.65. The molecule has 0 fully saturated rings. The largest absolute Gasteiger partial charge is 0.342 e. The molecule has 0 aromatic carbocycles. The quantitative estimate of drug-likeness (QED) is 0.440. The summed E-state index contributed by atoms with van der Waals surface area (Å²) < 4.78 is 0. The third-order valence-corrected chi connectivity index (χ3v) is 2.91. The number of unbranched alkanes of at least 4 members (excludes halogenated alkanes) is 2. The van der Waals surface area contributed by atoms with Gasteiger partial charge in [-0.3, -0.25) is 14.6 Å². The highest BCUT2D eigenvalue weighted by molar-refractivity contribution is 8.02. The van der Waals surface area contributed by atoms with Gasteiger partial charge in [0.1, 0.15) is 0 Å². The zero-order valence-electron chi connectivity index (χ0n) is 10.1. The summed E-state index contributed by atoms with van der Waals surface area (Å²) in [5.41, 5.74) is -1.21. The van der Waals surface area contributed by atoms with Crippen molar-refractivity contribution in [1.82, 2.24) is 15.2 Å². The Morgan fingerprint density at radius 1 is 1.39 bits per heavy atom. The highest BCUT2D eigenvalue weighted by atomic mass is 32.2. The third kappa shape index (κ3) is 5.13. The smallest absolute Gasteiger partial charge is 0.295 e. The Kier molecular flexibility index (Phi) is 6.13. The van der Waals surface area contributed by atoms with E-state index in [9.17, 15) is 14.4 Å². The van der Waals surface area contributed by atoms with Gasteiger partial charge in [0.05, 0.1) is 0 Å². The topological polar surface area (TPSA) is 95.7 Å². The maximum Gasteiger partial charge on any atom is 0.342 e. The molecule has 1 aromatic heterocycles. The van der Waals surface area contributed by atoms with Crippen LogP contribution in [0.1, 0.15) is 32.6 Å². The van der Waals surface area contributed by atoms with Crippen molar-refractivity contribution in [2.75, 3.05) is 0 Å². The van der Waals surface area contributed by atoms with Crippen molar-refractivity contribution in [2.24, 2.45) is 0 Å². The Hall–Kier alpha value is -1.63. The number of hydrogen-bond donors (Lipinski definition) is 2. The van der Waals surface area contributed by atoms with Gasteiger partial charge in [0, 0.05) is 6.42 Å². The molecule has 0 amide bonds. The summed E-state index contributed by atoms with van der Waals surface area (Å²) in [5, 5.41) is 7.30. The average Bonchev–Trinajstić information content (AvgIpc) is 2.32. The number of nitrogens with one attached hydrogen (secondary N) is 2. The molecule has 1 aromatic rings. The first-order valence-corrected chi connectivity index (χ1v) is 6.56. The molecule has 18 heavy (non-hydrogen) atoms. The summed E-state index contributed by atoms with van der Waals surface area (Å²) in [4.78, 5) is 35.4. The average molecular weight is 269 g/mol. The first-order chi connectivity index (χ1) is 8.63. The number of aromatic nitrogens is 3. The van der Waals surface area contributed by atoms with Crippen LogP contribution in [0.5, 0.6) is 0 Å². The Morgan fingerprint density at radius 3 is 2.83 bits per heavy atom. The van der Waals surface area contributed by atoms with Crippen LogP contribution in [0.3, 0.4) is 0 Å². The van der Waals surface area contributed by atoms with Gasteiger partial charge >= 0.3 is 5.69 Å². The maximum atomic E-state index is 11.4. The molecule has 7 heteroatoms. The van der Waals surface area contributed by atoms with Crippen LogP contribution in [0, 0.1) is 0 Å². The minimum atomic E-state index is -0.649. The monoisotopic (exact) mass is 269 g/mol. The van der Waals surface area contributed by atoms with Crippen molar-refractivity contribution in [1.29, 1.82) is 0 Å². The number of rotatable bonds is 7. The van der Waals surface area contributed by atoms with Crippen molar-refractivity contribution < 1.29 is 4.79 Å². The predicted octanol–water partition coefficient (Wildman–Crippen LogP) is 1.21. The van der Waals surface area contributed by atoms with Crippen LogP contribution in [-0.4, -0.2) is 21.0 Å². The maximum absolute atomic E-state index is 11.4. The number of carbonyl (C=O) groups is 1. The second-order valence-corrected chi connectivity index (χ2v) is 4.55. The Bertz CT molecular complexity index is 533. The molecular weight excluding hydrogens is 254 g/mol. The molecule has 1 rings (SSSR count). The molecule has 0 unspecified atom stereocenters. The van der Waals surface area contributed by atoms with E-state index >= 15 is 0 Å². The van der Waals surface area contributed by atoms with Gasteiger partial charge < -0.3 is 0 Å². The Morgan fingerprint density at radius 2 is 2.17 bits per heavy atom.